The lowest BCUT2D eigenvalue weighted by Gasteiger charge is -2.37. The van der Waals surface area contributed by atoms with Gasteiger partial charge >= 0.3 is 0 Å². The lowest BCUT2D eigenvalue weighted by atomic mass is 9.97. The summed E-state index contributed by atoms with van der Waals surface area (Å²) in [7, 11) is 0. The smallest absolute Gasteiger partial charge is 0.0595 e. The summed E-state index contributed by atoms with van der Waals surface area (Å²) in [6.45, 7) is 9.61. The van der Waals surface area contributed by atoms with E-state index in [1.807, 2.05) is 12.1 Å². The maximum atomic E-state index is 6.09. The Morgan fingerprint density at radius 2 is 1.62 bits per heavy atom. The van der Waals surface area contributed by atoms with Crippen molar-refractivity contribution in [2.45, 2.75) is 19.3 Å². The molecule has 0 atom stereocenters. The van der Waals surface area contributed by atoms with Gasteiger partial charge in [0.2, 0.25) is 0 Å². The first-order valence-electron chi connectivity index (χ1n) is 8.80. The van der Waals surface area contributed by atoms with E-state index in [1.165, 1.54) is 64.2 Å². The molecule has 2 heterocycles. The van der Waals surface area contributed by atoms with Crippen molar-refractivity contribution < 1.29 is 0 Å². The normalized spacial score (nSPS) is 20.8. The highest BCUT2D eigenvalue weighted by Gasteiger charge is 2.21. The molecule has 136 valence electrons. The van der Waals surface area contributed by atoms with Crippen LogP contribution in [0, 0.1) is 5.92 Å². The van der Waals surface area contributed by atoms with E-state index in [-0.39, 0.29) is 12.4 Å². The molecule has 0 saturated carbocycles. The van der Waals surface area contributed by atoms with Crippen LogP contribution in [0.5, 0.6) is 0 Å². The Kier molecular flexibility index (Phi) is 8.62. The van der Waals surface area contributed by atoms with Crippen molar-refractivity contribution >= 4 is 35.6 Å². The molecular formula is C18H28Cl3N3. The molecule has 1 aromatic carbocycles. The zero-order valence-electron chi connectivity index (χ0n) is 14.1. The van der Waals surface area contributed by atoms with Crippen LogP contribution in [0.25, 0.3) is 0 Å². The third kappa shape index (κ3) is 6.05. The van der Waals surface area contributed by atoms with E-state index in [0.29, 0.717) is 10.0 Å². The Balaban J connectivity index is 0.00000208. The van der Waals surface area contributed by atoms with Crippen LogP contribution in [-0.4, -0.2) is 62.2 Å². The molecule has 0 aromatic heterocycles. The van der Waals surface area contributed by atoms with Gasteiger partial charge in [0.15, 0.2) is 0 Å². The predicted octanol–water partition coefficient (Wildman–Crippen LogP) is 3.57. The maximum absolute atomic E-state index is 6.09. The Hall–Kier alpha value is -0.0300. The molecule has 2 saturated heterocycles. The van der Waals surface area contributed by atoms with Crippen LogP contribution in [0.3, 0.4) is 0 Å². The minimum atomic E-state index is 0. The molecule has 2 aliphatic heterocycles. The Morgan fingerprint density at radius 3 is 2.29 bits per heavy atom. The molecule has 2 aliphatic rings. The molecule has 6 heteroatoms. The van der Waals surface area contributed by atoms with E-state index in [2.05, 4.69) is 21.2 Å². The number of piperidine rings is 1. The molecule has 0 unspecified atom stereocenters. The van der Waals surface area contributed by atoms with Gasteiger partial charge in [0, 0.05) is 39.3 Å². The highest BCUT2D eigenvalue weighted by atomic mass is 35.5. The summed E-state index contributed by atoms with van der Waals surface area (Å²) >= 11 is 12.1. The quantitative estimate of drug-likeness (QED) is 0.826. The number of nitrogens with zero attached hydrogens (tertiary/aromatic N) is 2. The summed E-state index contributed by atoms with van der Waals surface area (Å²) in [4.78, 5) is 5.23. The first kappa shape index (κ1) is 20.3. The van der Waals surface area contributed by atoms with Crippen molar-refractivity contribution in [2.24, 2.45) is 5.92 Å². The fourth-order valence-corrected chi connectivity index (χ4v) is 3.93. The average Bonchev–Trinajstić information content (AvgIpc) is 2.58. The van der Waals surface area contributed by atoms with Crippen molar-refractivity contribution in [3.05, 3.63) is 33.8 Å². The SMILES string of the molecule is Cl.Clc1ccc(CCN2CCN(CC3CCNCC3)CC2)cc1Cl. The molecule has 0 amide bonds. The van der Waals surface area contributed by atoms with E-state index in [0.717, 1.165) is 18.9 Å². The number of halogens is 3. The van der Waals surface area contributed by atoms with Crippen molar-refractivity contribution in [3.63, 3.8) is 0 Å². The van der Waals surface area contributed by atoms with Gasteiger partial charge in [-0.25, -0.2) is 0 Å². The summed E-state index contributed by atoms with van der Waals surface area (Å²) in [6.07, 6.45) is 3.74. The van der Waals surface area contributed by atoms with Gasteiger partial charge in [-0.15, -0.1) is 12.4 Å². The number of rotatable bonds is 5. The van der Waals surface area contributed by atoms with Crippen molar-refractivity contribution in [1.29, 1.82) is 0 Å². The number of nitrogens with one attached hydrogen (secondary N) is 1. The summed E-state index contributed by atoms with van der Waals surface area (Å²) in [6, 6.07) is 5.98. The molecule has 0 aliphatic carbocycles. The van der Waals surface area contributed by atoms with Crippen LogP contribution in [0.2, 0.25) is 10.0 Å². The van der Waals surface area contributed by atoms with E-state index in [4.69, 9.17) is 23.2 Å². The van der Waals surface area contributed by atoms with Crippen LogP contribution >= 0.6 is 35.6 Å². The number of hydrogen-bond acceptors (Lipinski definition) is 3. The zero-order chi connectivity index (χ0) is 16.1. The third-order valence-corrected chi connectivity index (χ3v) is 5.88. The van der Waals surface area contributed by atoms with Crippen LogP contribution in [0.15, 0.2) is 18.2 Å². The number of benzene rings is 1. The molecule has 1 aromatic rings. The zero-order valence-corrected chi connectivity index (χ0v) is 16.5. The minimum Gasteiger partial charge on any atom is -0.317 e. The Bertz CT molecular complexity index is 498. The molecule has 2 fully saturated rings. The largest absolute Gasteiger partial charge is 0.317 e. The standard InChI is InChI=1S/C18H27Cl2N3.ClH/c19-17-2-1-15(13-18(17)20)5-8-22-9-11-23(12-10-22)14-16-3-6-21-7-4-16;/h1-2,13,16,21H,3-12,14H2;1H. The van der Waals surface area contributed by atoms with Gasteiger partial charge in [0.1, 0.15) is 0 Å². The van der Waals surface area contributed by atoms with Crippen LogP contribution in [-0.2, 0) is 6.42 Å². The molecule has 24 heavy (non-hydrogen) atoms. The van der Waals surface area contributed by atoms with Crippen molar-refractivity contribution in [3.8, 4) is 0 Å². The first-order valence-corrected chi connectivity index (χ1v) is 9.55. The second-order valence-corrected chi connectivity index (χ2v) is 7.65. The average molecular weight is 393 g/mol. The topological polar surface area (TPSA) is 18.5 Å². The van der Waals surface area contributed by atoms with Gasteiger partial charge in [0.05, 0.1) is 10.0 Å². The summed E-state index contributed by atoms with van der Waals surface area (Å²) < 4.78 is 0. The van der Waals surface area contributed by atoms with Gasteiger partial charge in [-0.3, -0.25) is 0 Å². The van der Waals surface area contributed by atoms with Crippen molar-refractivity contribution in [2.75, 3.05) is 52.4 Å². The summed E-state index contributed by atoms with van der Waals surface area (Å²) in [5, 5.41) is 4.76. The molecular weight excluding hydrogens is 365 g/mol. The second kappa shape index (κ2) is 10.2. The molecule has 0 radical (unpaired) electrons. The lowest BCUT2D eigenvalue weighted by molar-refractivity contribution is 0.112. The predicted molar refractivity (Wildman–Crippen MR) is 106 cm³/mol. The lowest BCUT2D eigenvalue weighted by Crippen LogP contribution is -2.48. The van der Waals surface area contributed by atoms with Gasteiger partial charge < -0.3 is 15.1 Å². The number of hydrogen-bond donors (Lipinski definition) is 1. The molecule has 3 nitrogen and oxygen atoms in total. The summed E-state index contributed by atoms with van der Waals surface area (Å²) in [5.41, 5.74) is 1.27. The fourth-order valence-electron chi connectivity index (χ4n) is 3.61. The van der Waals surface area contributed by atoms with Gasteiger partial charge in [-0.05, 0) is 56.0 Å². The Morgan fingerprint density at radius 1 is 0.958 bits per heavy atom. The minimum absolute atomic E-state index is 0. The Labute approximate surface area is 162 Å². The van der Waals surface area contributed by atoms with Crippen LogP contribution in [0.1, 0.15) is 18.4 Å². The molecule has 3 rings (SSSR count). The molecule has 1 N–H and O–H groups in total. The van der Waals surface area contributed by atoms with E-state index >= 15 is 0 Å². The summed E-state index contributed by atoms with van der Waals surface area (Å²) in [5.74, 6) is 0.902. The molecule has 0 bridgehead atoms. The second-order valence-electron chi connectivity index (χ2n) is 6.83. The highest BCUT2D eigenvalue weighted by molar-refractivity contribution is 6.42. The van der Waals surface area contributed by atoms with E-state index in [9.17, 15) is 0 Å². The van der Waals surface area contributed by atoms with Gasteiger partial charge in [-0.2, -0.15) is 0 Å². The van der Waals surface area contributed by atoms with Crippen molar-refractivity contribution in [1.82, 2.24) is 15.1 Å². The number of piperazine rings is 1. The van der Waals surface area contributed by atoms with Gasteiger partial charge in [0.25, 0.3) is 0 Å². The third-order valence-electron chi connectivity index (χ3n) is 5.14. The first-order chi connectivity index (χ1) is 11.2. The fraction of sp³-hybridized carbons (Fsp3) is 0.667. The molecule has 0 spiro atoms. The monoisotopic (exact) mass is 391 g/mol. The van der Waals surface area contributed by atoms with Gasteiger partial charge in [-0.1, -0.05) is 29.3 Å². The van der Waals surface area contributed by atoms with Crippen LogP contribution < -0.4 is 5.32 Å². The van der Waals surface area contributed by atoms with E-state index in [1.54, 1.807) is 0 Å². The van der Waals surface area contributed by atoms with E-state index < -0.39 is 0 Å². The maximum Gasteiger partial charge on any atom is 0.0595 e. The van der Waals surface area contributed by atoms with Crippen LogP contribution in [0.4, 0.5) is 0 Å². The highest BCUT2D eigenvalue weighted by Crippen LogP contribution is 2.23.